The summed E-state index contributed by atoms with van der Waals surface area (Å²) < 4.78 is 6.20. The fraction of sp³-hybridized carbons (Fsp3) is 0.333. The zero-order chi connectivity index (χ0) is 15.4. The summed E-state index contributed by atoms with van der Waals surface area (Å²) in [7, 11) is 1.64. The number of carbonyl (C=O) groups is 2. The first-order valence-corrected chi connectivity index (χ1v) is 6.23. The maximum Gasteiger partial charge on any atom is 0.414 e. The van der Waals surface area contributed by atoms with E-state index in [0.29, 0.717) is 11.3 Å². The minimum absolute atomic E-state index is 0.0876. The minimum Gasteiger partial charge on any atom is -0.480 e. The molecular weight excluding hydrogens is 278 g/mol. The second kappa shape index (κ2) is 6.07. The quantitative estimate of drug-likeness (QED) is 0.839. The van der Waals surface area contributed by atoms with Crippen molar-refractivity contribution in [1.82, 2.24) is 14.6 Å². The van der Waals surface area contributed by atoms with Crippen LogP contribution in [0.1, 0.15) is 6.92 Å². The van der Waals surface area contributed by atoms with E-state index >= 15 is 0 Å². The van der Waals surface area contributed by atoms with Crippen molar-refractivity contribution in [3.63, 3.8) is 0 Å². The van der Waals surface area contributed by atoms with Gasteiger partial charge in [-0.15, -0.1) is 5.10 Å². The Kier molecular flexibility index (Phi) is 4.21. The van der Waals surface area contributed by atoms with Gasteiger partial charge in [0.2, 0.25) is 0 Å². The van der Waals surface area contributed by atoms with Crippen molar-refractivity contribution >= 4 is 29.3 Å². The third kappa shape index (κ3) is 3.38. The summed E-state index contributed by atoms with van der Waals surface area (Å²) in [6, 6.07) is 3.44. The third-order valence-corrected chi connectivity index (χ3v) is 2.61. The summed E-state index contributed by atoms with van der Waals surface area (Å²) in [6.07, 6.45) is 1.00. The molecule has 0 aliphatic heterocycles. The predicted octanol–water partition coefficient (Wildman–Crippen LogP) is 0.818. The number of aromatic nitrogens is 3. The zero-order valence-electron chi connectivity index (χ0n) is 11.6. The summed E-state index contributed by atoms with van der Waals surface area (Å²) >= 11 is 0. The van der Waals surface area contributed by atoms with Crippen LogP contribution in [0.3, 0.4) is 0 Å². The van der Waals surface area contributed by atoms with Gasteiger partial charge in [0, 0.05) is 13.2 Å². The molecule has 0 saturated carbocycles. The molecule has 1 amide bonds. The van der Waals surface area contributed by atoms with E-state index in [1.807, 2.05) is 0 Å². The lowest BCUT2D eigenvalue weighted by Gasteiger charge is -2.16. The number of anilines is 2. The molecule has 0 bridgehead atoms. The Hall–Kier alpha value is -2.84. The number of likely N-dealkylation sites (N-methyl/N-ethyl adjacent to an activating group) is 1. The van der Waals surface area contributed by atoms with E-state index in [1.165, 1.54) is 9.42 Å². The highest BCUT2D eigenvalue weighted by Gasteiger charge is 2.14. The maximum atomic E-state index is 11.3. The van der Waals surface area contributed by atoms with Crippen LogP contribution in [0.5, 0.6) is 0 Å². The SMILES string of the molecule is CCOC(=O)Nc1nc2c(N(C)CC(=O)O)cccn2n1. The van der Waals surface area contributed by atoms with Gasteiger partial charge in [0.15, 0.2) is 5.65 Å². The molecule has 0 aliphatic carbocycles. The molecule has 21 heavy (non-hydrogen) atoms. The average Bonchev–Trinajstić information content (AvgIpc) is 2.79. The van der Waals surface area contributed by atoms with Crippen molar-refractivity contribution in [3.8, 4) is 0 Å². The molecule has 0 unspecified atom stereocenters. The van der Waals surface area contributed by atoms with Crippen LogP contribution >= 0.6 is 0 Å². The first kappa shape index (κ1) is 14.6. The lowest BCUT2D eigenvalue weighted by atomic mass is 10.3. The van der Waals surface area contributed by atoms with E-state index in [4.69, 9.17) is 9.84 Å². The number of ether oxygens (including phenoxy) is 1. The van der Waals surface area contributed by atoms with E-state index in [0.717, 1.165) is 0 Å². The van der Waals surface area contributed by atoms with Crippen LogP contribution in [0.4, 0.5) is 16.4 Å². The molecule has 0 spiro atoms. The van der Waals surface area contributed by atoms with Crippen LogP contribution in [0.15, 0.2) is 18.3 Å². The van der Waals surface area contributed by atoms with E-state index in [9.17, 15) is 9.59 Å². The molecule has 2 heterocycles. The van der Waals surface area contributed by atoms with E-state index < -0.39 is 12.1 Å². The number of hydrogen-bond acceptors (Lipinski definition) is 6. The van der Waals surface area contributed by atoms with Crippen LogP contribution in [-0.2, 0) is 9.53 Å². The lowest BCUT2D eigenvalue weighted by molar-refractivity contribution is -0.135. The van der Waals surface area contributed by atoms with Crippen LogP contribution in [0.25, 0.3) is 5.65 Å². The van der Waals surface area contributed by atoms with Gasteiger partial charge in [-0.25, -0.2) is 9.31 Å². The first-order valence-electron chi connectivity index (χ1n) is 6.23. The fourth-order valence-electron chi connectivity index (χ4n) is 1.79. The van der Waals surface area contributed by atoms with E-state index in [-0.39, 0.29) is 19.1 Å². The highest BCUT2D eigenvalue weighted by Crippen LogP contribution is 2.19. The second-order valence-corrected chi connectivity index (χ2v) is 4.19. The van der Waals surface area contributed by atoms with Gasteiger partial charge in [0.25, 0.3) is 5.95 Å². The largest absolute Gasteiger partial charge is 0.480 e. The van der Waals surface area contributed by atoms with Gasteiger partial charge in [-0.1, -0.05) is 0 Å². The van der Waals surface area contributed by atoms with Crippen molar-refractivity contribution in [2.75, 3.05) is 30.4 Å². The van der Waals surface area contributed by atoms with Crippen molar-refractivity contribution < 1.29 is 19.4 Å². The number of aliphatic carboxylic acids is 1. The van der Waals surface area contributed by atoms with E-state index in [1.54, 1.807) is 32.3 Å². The summed E-state index contributed by atoms with van der Waals surface area (Å²) in [5.41, 5.74) is 1.03. The smallest absolute Gasteiger partial charge is 0.414 e. The number of nitrogens with zero attached hydrogens (tertiary/aromatic N) is 4. The Morgan fingerprint density at radius 3 is 2.95 bits per heavy atom. The zero-order valence-corrected chi connectivity index (χ0v) is 11.6. The van der Waals surface area contributed by atoms with Crippen LogP contribution in [0, 0.1) is 0 Å². The van der Waals surface area contributed by atoms with Crippen molar-refractivity contribution in [1.29, 1.82) is 0 Å². The second-order valence-electron chi connectivity index (χ2n) is 4.19. The molecule has 0 atom stereocenters. The summed E-state index contributed by atoms with van der Waals surface area (Å²) in [5, 5.41) is 15.3. The van der Waals surface area contributed by atoms with Crippen LogP contribution in [0.2, 0.25) is 0 Å². The van der Waals surface area contributed by atoms with Gasteiger partial charge in [0.1, 0.15) is 6.54 Å². The molecule has 0 aliphatic rings. The molecule has 0 fully saturated rings. The van der Waals surface area contributed by atoms with Gasteiger partial charge >= 0.3 is 12.1 Å². The number of carboxylic acid groups (broad SMARTS) is 1. The lowest BCUT2D eigenvalue weighted by Crippen LogP contribution is -2.25. The van der Waals surface area contributed by atoms with Gasteiger partial charge in [-0.05, 0) is 19.1 Å². The number of amides is 1. The Morgan fingerprint density at radius 2 is 2.29 bits per heavy atom. The first-order chi connectivity index (χ1) is 10.0. The molecular formula is C12H15N5O4. The minimum atomic E-state index is -0.955. The predicted molar refractivity (Wildman–Crippen MR) is 74.5 cm³/mol. The topological polar surface area (TPSA) is 109 Å². The normalized spacial score (nSPS) is 10.4. The molecule has 2 N–H and O–H groups in total. The van der Waals surface area contributed by atoms with Gasteiger partial charge in [-0.3, -0.25) is 10.1 Å². The molecule has 9 nitrogen and oxygen atoms in total. The maximum absolute atomic E-state index is 11.3. The molecule has 2 aromatic rings. The Labute approximate surface area is 120 Å². The Balaban J connectivity index is 2.30. The third-order valence-electron chi connectivity index (χ3n) is 2.61. The Bertz CT molecular complexity index is 669. The molecule has 0 radical (unpaired) electrons. The van der Waals surface area contributed by atoms with Gasteiger partial charge in [-0.2, -0.15) is 4.98 Å². The number of rotatable bonds is 5. The van der Waals surface area contributed by atoms with Gasteiger partial charge in [0.05, 0.1) is 12.3 Å². The van der Waals surface area contributed by atoms with E-state index in [2.05, 4.69) is 15.4 Å². The van der Waals surface area contributed by atoms with Crippen molar-refractivity contribution in [2.45, 2.75) is 6.92 Å². The van der Waals surface area contributed by atoms with Crippen molar-refractivity contribution in [2.24, 2.45) is 0 Å². The van der Waals surface area contributed by atoms with Gasteiger partial charge < -0.3 is 14.7 Å². The summed E-state index contributed by atoms with van der Waals surface area (Å²) in [6.45, 7) is 1.76. The average molecular weight is 293 g/mol. The number of carbonyl (C=O) groups excluding carboxylic acids is 1. The highest BCUT2D eigenvalue weighted by atomic mass is 16.5. The molecule has 9 heteroatoms. The highest BCUT2D eigenvalue weighted by molar-refractivity contribution is 5.83. The number of fused-ring (bicyclic) bond motifs is 1. The number of carboxylic acids is 1. The standard InChI is InChI=1S/C12H15N5O4/c1-3-21-12(20)14-11-13-10-8(16(2)7-9(18)19)5-4-6-17(10)15-11/h4-6H,3,7H2,1-2H3,(H,18,19)(H,14,15,20). The Morgan fingerprint density at radius 1 is 1.52 bits per heavy atom. The number of nitrogens with one attached hydrogen (secondary N) is 1. The number of hydrogen-bond donors (Lipinski definition) is 2. The summed E-state index contributed by atoms with van der Waals surface area (Å²) in [4.78, 5) is 27.8. The number of pyridine rings is 1. The summed E-state index contributed by atoms with van der Waals surface area (Å²) in [5.74, 6) is -0.867. The molecule has 2 aromatic heterocycles. The van der Waals surface area contributed by atoms with Crippen LogP contribution in [-0.4, -0.2) is 52.0 Å². The molecule has 112 valence electrons. The van der Waals surface area contributed by atoms with Crippen LogP contribution < -0.4 is 10.2 Å². The fourth-order valence-corrected chi connectivity index (χ4v) is 1.79. The van der Waals surface area contributed by atoms with Crippen molar-refractivity contribution in [3.05, 3.63) is 18.3 Å². The molecule has 0 aromatic carbocycles. The monoisotopic (exact) mass is 293 g/mol. The molecule has 2 rings (SSSR count). The molecule has 0 saturated heterocycles.